The molecule has 0 heterocycles. The van der Waals surface area contributed by atoms with Crippen LogP contribution in [0.5, 0.6) is 0 Å². The van der Waals surface area contributed by atoms with Gasteiger partial charge in [0.25, 0.3) is 0 Å². The highest BCUT2D eigenvalue weighted by Gasteiger charge is 2.51. The van der Waals surface area contributed by atoms with Gasteiger partial charge < -0.3 is 9.47 Å². The molecular weight excluding hydrogens is 444 g/mol. The Morgan fingerprint density at radius 1 is 1.07 bits per heavy atom. The fourth-order valence-electron chi connectivity index (χ4n) is 4.98. The van der Waals surface area contributed by atoms with Crippen LogP contribution in [0, 0.1) is 23.7 Å². The van der Waals surface area contributed by atoms with Gasteiger partial charge in [0.1, 0.15) is 12.2 Å². The predicted octanol–water partition coefficient (Wildman–Crippen LogP) is 6.21. The molecule has 0 aromatic heterocycles. The predicted molar refractivity (Wildman–Crippen MR) is 120 cm³/mol. The van der Waals surface area contributed by atoms with Gasteiger partial charge in [0.15, 0.2) is 0 Å². The lowest BCUT2D eigenvalue weighted by Gasteiger charge is -2.28. The normalized spacial score (nSPS) is 27.1. The zero-order valence-corrected chi connectivity index (χ0v) is 19.4. The summed E-state index contributed by atoms with van der Waals surface area (Å²) in [4.78, 5) is 25.1. The first-order valence-corrected chi connectivity index (χ1v) is 11.8. The molecule has 4 nitrogen and oxygen atoms in total. The fourth-order valence-corrected chi connectivity index (χ4v) is 5.79. The first kappa shape index (κ1) is 21.4. The maximum atomic E-state index is 12.9. The summed E-state index contributed by atoms with van der Waals surface area (Å²) < 4.78 is 12.6. The average molecular weight is 473 g/mol. The number of hydrogen-bond acceptors (Lipinski definition) is 4. The van der Waals surface area contributed by atoms with Crippen LogP contribution in [0.25, 0.3) is 10.8 Å². The van der Waals surface area contributed by atoms with Crippen molar-refractivity contribution in [1.29, 1.82) is 0 Å². The van der Waals surface area contributed by atoms with E-state index in [9.17, 15) is 9.59 Å². The molecule has 30 heavy (non-hydrogen) atoms. The van der Waals surface area contributed by atoms with E-state index in [2.05, 4.69) is 34.1 Å². The van der Waals surface area contributed by atoms with Crippen molar-refractivity contribution in [1.82, 2.24) is 0 Å². The minimum absolute atomic E-state index is 0.0346. The van der Waals surface area contributed by atoms with E-state index in [-0.39, 0.29) is 47.8 Å². The van der Waals surface area contributed by atoms with Crippen LogP contribution in [-0.2, 0) is 19.1 Å². The number of esters is 2. The second-order valence-electron chi connectivity index (χ2n) is 8.89. The van der Waals surface area contributed by atoms with Crippen LogP contribution in [0.15, 0.2) is 40.9 Å². The summed E-state index contributed by atoms with van der Waals surface area (Å²) in [5.74, 6) is 0.153. The molecule has 2 aromatic carbocycles. The van der Waals surface area contributed by atoms with Crippen molar-refractivity contribution in [2.45, 2.75) is 58.7 Å². The van der Waals surface area contributed by atoms with Crippen molar-refractivity contribution in [2.75, 3.05) is 0 Å². The second-order valence-corrected chi connectivity index (χ2v) is 9.68. The Bertz CT molecular complexity index is 955. The maximum absolute atomic E-state index is 12.9. The average Bonchev–Trinajstić information content (AvgIpc) is 3.34. The molecule has 2 bridgehead atoms. The first-order valence-electron chi connectivity index (χ1n) is 11.0. The molecule has 4 rings (SSSR count). The Morgan fingerprint density at radius 3 is 2.53 bits per heavy atom. The third-order valence-electron chi connectivity index (χ3n) is 7.00. The van der Waals surface area contributed by atoms with E-state index < -0.39 is 0 Å². The van der Waals surface area contributed by atoms with E-state index in [0.717, 1.165) is 46.5 Å². The summed E-state index contributed by atoms with van der Waals surface area (Å²) in [6.45, 7) is 5.83. The number of ether oxygens (including phenoxy) is 2. The van der Waals surface area contributed by atoms with Gasteiger partial charge in [-0.25, -0.2) is 0 Å². The second kappa shape index (κ2) is 8.70. The van der Waals surface area contributed by atoms with E-state index in [1.807, 2.05) is 39.0 Å². The highest BCUT2D eigenvalue weighted by molar-refractivity contribution is 9.10. The number of fused-ring (bicyclic) bond motifs is 3. The van der Waals surface area contributed by atoms with E-state index >= 15 is 0 Å². The monoisotopic (exact) mass is 472 g/mol. The van der Waals surface area contributed by atoms with Crippen LogP contribution in [0.2, 0.25) is 0 Å². The standard InChI is InChI=1S/C25H29BrO4/c1-4-14(2)24(27)30-22-13-17-11-18(22)12-21(17)25(28)29-15(3)19-10-9-16-7-5-6-8-20(16)23(19)26/h5-10,14-15,17-18,21-22H,4,11-13H2,1-3H3. The van der Waals surface area contributed by atoms with E-state index in [4.69, 9.17) is 9.47 Å². The Balaban J connectivity index is 1.38. The minimum atomic E-state index is -0.324. The Hall–Kier alpha value is -1.88. The molecule has 0 amide bonds. The molecule has 0 radical (unpaired) electrons. The van der Waals surface area contributed by atoms with Gasteiger partial charge in [-0.3, -0.25) is 9.59 Å². The molecule has 5 heteroatoms. The first-order chi connectivity index (χ1) is 14.4. The minimum Gasteiger partial charge on any atom is -0.462 e. The van der Waals surface area contributed by atoms with Crippen LogP contribution in [0.3, 0.4) is 0 Å². The molecule has 160 valence electrons. The third kappa shape index (κ3) is 4.01. The van der Waals surface area contributed by atoms with Crippen molar-refractivity contribution in [2.24, 2.45) is 23.7 Å². The van der Waals surface area contributed by atoms with Crippen LogP contribution >= 0.6 is 15.9 Å². The zero-order chi connectivity index (χ0) is 21.4. The van der Waals surface area contributed by atoms with Gasteiger partial charge in [-0.15, -0.1) is 0 Å². The summed E-state index contributed by atoms with van der Waals surface area (Å²) in [6.07, 6.45) is 2.92. The summed E-state index contributed by atoms with van der Waals surface area (Å²) in [5.41, 5.74) is 0.977. The van der Waals surface area contributed by atoms with Crippen LogP contribution in [0.1, 0.15) is 58.1 Å². The number of carbonyl (C=O) groups excluding carboxylic acids is 2. The highest BCUT2D eigenvalue weighted by atomic mass is 79.9. The molecule has 0 aliphatic heterocycles. The van der Waals surface area contributed by atoms with Crippen molar-refractivity contribution in [3.05, 3.63) is 46.4 Å². The van der Waals surface area contributed by atoms with Gasteiger partial charge in [0.2, 0.25) is 0 Å². The quantitative estimate of drug-likeness (QED) is 0.468. The molecule has 2 aliphatic carbocycles. The lowest BCUT2D eigenvalue weighted by Crippen LogP contribution is -2.32. The Kier molecular flexibility index (Phi) is 6.19. The lowest BCUT2D eigenvalue weighted by molar-refractivity contribution is -0.160. The van der Waals surface area contributed by atoms with Crippen molar-refractivity contribution >= 4 is 38.6 Å². The lowest BCUT2D eigenvalue weighted by atomic mass is 9.87. The number of rotatable bonds is 6. The van der Waals surface area contributed by atoms with Crippen LogP contribution < -0.4 is 0 Å². The van der Waals surface area contributed by atoms with E-state index in [0.29, 0.717) is 0 Å². The topological polar surface area (TPSA) is 52.6 Å². The van der Waals surface area contributed by atoms with Crippen molar-refractivity contribution < 1.29 is 19.1 Å². The van der Waals surface area contributed by atoms with Gasteiger partial charge in [-0.1, -0.05) is 50.2 Å². The Labute approximate surface area is 186 Å². The van der Waals surface area contributed by atoms with E-state index in [1.54, 1.807) is 0 Å². The molecule has 2 aromatic rings. The molecule has 2 saturated carbocycles. The summed E-state index contributed by atoms with van der Waals surface area (Å²) >= 11 is 3.70. The largest absolute Gasteiger partial charge is 0.462 e. The van der Waals surface area contributed by atoms with Crippen LogP contribution in [-0.4, -0.2) is 18.0 Å². The molecule has 0 saturated heterocycles. The SMILES string of the molecule is CCC(C)C(=O)OC1CC2CC1CC2C(=O)OC(C)c1ccc2ccccc2c1Br. The van der Waals surface area contributed by atoms with E-state index in [1.165, 1.54) is 0 Å². The zero-order valence-electron chi connectivity index (χ0n) is 17.8. The van der Waals surface area contributed by atoms with Gasteiger partial charge in [0.05, 0.1) is 11.8 Å². The highest BCUT2D eigenvalue weighted by Crippen LogP contribution is 2.50. The number of halogens is 1. The molecular formula is C25H29BrO4. The molecule has 0 N–H and O–H groups in total. The van der Waals surface area contributed by atoms with Gasteiger partial charge >= 0.3 is 11.9 Å². The van der Waals surface area contributed by atoms with Crippen molar-refractivity contribution in [3.8, 4) is 0 Å². The van der Waals surface area contributed by atoms with Crippen LogP contribution in [0.4, 0.5) is 0 Å². The van der Waals surface area contributed by atoms with Gasteiger partial charge in [-0.2, -0.15) is 0 Å². The van der Waals surface area contributed by atoms with Crippen molar-refractivity contribution in [3.63, 3.8) is 0 Å². The maximum Gasteiger partial charge on any atom is 0.309 e. The fraction of sp³-hybridized carbons (Fsp3) is 0.520. The smallest absolute Gasteiger partial charge is 0.309 e. The molecule has 6 unspecified atom stereocenters. The molecule has 6 atom stereocenters. The molecule has 0 spiro atoms. The summed E-state index contributed by atoms with van der Waals surface area (Å²) in [5, 5.41) is 2.27. The summed E-state index contributed by atoms with van der Waals surface area (Å²) in [6, 6.07) is 12.2. The number of hydrogen-bond donors (Lipinski definition) is 0. The van der Waals surface area contributed by atoms with Gasteiger partial charge in [-0.05, 0) is 71.1 Å². The number of carbonyl (C=O) groups is 2. The van der Waals surface area contributed by atoms with Gasteiger partial charge in [0, 0.05) is 10.0 Å². The number of benzene rings is 2. The molecule has 2 aliphatic rings. The Morgan fingerprint density at radius 2 is 1.83 bits per heavy atom. The summed E-state index contributed by atoms with van der Waals surface area (Å²) in [7, 11) is 0. The molecule has 2 fully saturated rings. The third-order valence-corrected chi connectivity index (χ3v) is 7.89.